The van der Waals surface area contributed by atoms with Crippen molar-refractivity contribution in [1.29, 1.82) is 0 Å². The molecule has 0 atom stereocenters. The fraction of sp³-hybridized carbons (Fsp3) is 0.219. The maximum absolute atomic E-state index is 13.8. The lowest BCUT2D eigenvalue weighted by atomic mass is 10.00. The van der Waals surface area contributed by atoms with E-state index in [-0.39, 0.29) is 13.0 Å². The highest BCUT2D eigenvalue weighted by molar-refractivity contribution is 6.01. The van der Waals surface area contributed by atoms with E-state index in [1.807, 2.05) is 62.7 Å². The number of aromatic amines is 2. The van der Waals surface area contributed by atoms with Crippen molar-refractivity contribution in [3.05, 3.63) is 96.2 Å². The van der Waals surface area contributed by atoms with Crippen molar-refractivity contribution in [3.8, 4) is 22.5 Å². The predicted octanol–water partition coefficient (Wildman–Crippen LogP) is 6.70. The molecule has 41 heavy (non-hydrogen) atoms. The summed E-state index contributed by atoms with van der Waals surface area (Å²) in [6.07, 6.45) is 12.7. The molecular weight excluding hydrogens is 520 g/mol. The standard InChI is InChI=1S/C32H31F2N7/c1-20(2)11-21(18-41-10-7-32(33,34)19-41)12-24(15-35)23-3-4-28-26(13-23)31(40-39-28)29-14-25-27(16-37-17-30(25)38-29)22-5-8-36-9-6-22/h3-6,8-9,11-17,38H,7,10,18-19,35H2,1-2H3,(H,39,40)/b21-12+,24-15+. The Labute approximate surface area is 236 Å². The second-order valence-electron chi connectivity index (χ2n) is 10.8. The van der Waals surface area contributed by atoms with Crippen LogP contribution in [0.2, 0.25) is 0 Å². The van der Waals surface area contributed by atoms with Gasteiger partial charge in [-0.3, -0.25) is 20.0 Å². The highest BCUT2D eigenvalue weighted by Crippen LogP contribution is 2.34. The van der Waals surface area contributed by atoms with E-state index in [9.17, 15) is 8.78 Å². The molecule has 0 radical (unpaired) electrons. The van der Waals surface area contributed by atoms with Gasteiger partial charge in [-0.05, 0) is 72.5 Å². The van der Waals surface area contributed by atoms with Gasteiger partial charge in [-0.25, -0.2) is 8.78 Å². The first kappa shape index (κ1) is 26.6. The Kier molecular flexibility index (Phi) is 6.96. The Morgan fingerprint density at radius 1 is 1.02 bits per heavy atom. The molecule has 1 saturated heterocycles. The maximum Gasteiger partial charge on any atom is 0.261 e. The second kappa shape index (κ2) is 10.7. The van der Waals surface area contributed by atoms with E-state index >= 15 is 0 Å². The van der Waals surface area contributed by atoms with Crippen molar-refractivity contribution >= 4 is 27.4 Å². The van der Waals surface area contributed by atoms with Crippen LogP contribution < -0.4 is 5.73 Å². The number of nitrogens with one attached hydrogen (secondary N) is 2. The molecule has 4 N–H and O–H groups in total. The number of fused-ring (bicyclic) bond motifs is 2. The van der Waals surface area contributed by atoms with Gasteiger partial charge in [0, 0.05) is 60.6 Å². The molecule has 0 spiro atoms. The SMILES string of the molecule is CC(C)=C/C(=C\C(=C/N)c1ccc2[nH]nc(-c3cc4c(-c5ccncc5)cncc4[nH]3)c2c1)CN1CCC(F)(F)C1. The number of benzene rings is 1. The molecule has 1 aliphatic rings. The van der Waals surface area contributed by atoms with Gasteiger partial charge in [-0.2, -0.15) is 5.10 Å². The van der Waals surface area contributed by atoms with E-state index in [1.165, 1.54) is 0 Å². The molecule has 0 unspecified atom stereocenters. The first-order valence-electron chi connectivity index (χ1n) is 13.5. The highest BCUT2D eigenvalue weighted by Gasteiger charge is 2.38. The van der Waals surface area contributed by atoms with Crippen molar-refractivity contribution in [2.75, 3.05) is 19.6 Å². The maximum atomic E-state index is 13.8. The molecule has 5 aromatic rings. The van der Waals surface area contributed by atoms with Crippen molar-refractivity contribution in [3.63, 3.8) is 0 Å². The number of alkyl halides is 2. The summed E-state index contributed by atoms with van der Waals surface area (Å²) in [4.78, 5) is 13.8. The highest BCUT2D eigenvalue weighted by atomic mass is 19.3. The molecule has 0 amide bonds. The number of hydrogen-bond donors (Lipinski definition) is 3. The summed E-state index contributed by atoms with van der Waals surface area (Å²) in [5.74, 6) is -2.64. The third-order valence-electron chi connectivity index (χ3n) is 7.34. The number of nitrogens with zero attached hydrogens (tertiary/aromatic N) is 4. The second-order valence-corrected chi connectivity index (χ2v) is 10.8. The molecule has 5 heterocycles. The van der Waals surface area contributed by atoms with Crippen LogP contribution in [0, 0.1) is 0 Å². The third-order valence-corrected chi connectivity index (χ3v) is 7.34. The summed E-state index contributed by atoms with van der Waals surface area (Å²) in [7, 11) is 0. The van der Waals surface area contributed by atoms with Crippen LogP contribution in [0.4, 0.5) is 8.78 Å². The fourth-order valence-corrected chi connectivity index (χ4v) is 5.47. The number of nitrogens with two attached hydrogens (primary N) is 1. The normalized spacial score (nSPS) is 16.1. The van der Waals surface area contributed by atoms with Crippen LogP contribution in [-0.2, 0) is 0 Å². The summed E-state index contributed by atoms with van der Waals surface area (Å²) in [5.41, 5.74) is 15.3. The molecule has 0 bridgehead atoms. The lowest BCUT2D eigenvalue weighted by Crippen LogP contribution is -2.27. The monoisotopic (exact) mass is 551 g/mol. The van der Waals surface area contributed by atoms with Gasteiger partial charge in [0.25, 0.3) is 5.92 Å². The van der Waals surface area contributed by atoms with Crippen LogP contribution in [0.3, 0.4) is 0 Å². The Bertz CT molecular complexity index is 1810. The summed E-state index contributed by atoms with van der Waals surface area (Å²) >= 11 is 0. The molecule has 0 aliphatic carbocycles. The number of aromatic nitrogens is 5. The third kappa shape index (κ3) is 5.53. The first-order valence-corrected chi connectivity index (χ1v) is 13.5. The lowest BCUT2D eigenvalue weighted by Gasteiger charge is -2.17. The molecule has 0 saturated carbocycles. The molecule has 4 aromatic heterocycles. The van der Waals surface area contributed by atoms with Gasteiger partial charge < -0.3 is 10.7 Å². The average Bonchev–Trinajstić information content (AvgIpc) is 3.67. The van der Waals surface area contributed by atoms with Crippen molar-refractivity contribution in [2.45, 2.75) is 26.2 Å². The number of pyridine rings is 2. The number of allylic oxidation sites excluding steroid dienone is 3. The number of rotatable bonds is 7. The zero-order chi connectivity index (χ0) is 28.6. The lowest BCUT2D eigenvalue weighted by molar-refractivity contribution is 0.0131. The van der Waals surface area contributed by atoms with Crippen LogP contribution in [0.25, 0.3) is 49.9 Å². The number of H-pyrrole nitrogens is 2. The van der Waals surface area contributed by atoms with Gasteiger partial charge >= 0.3 is 0 Å². The minimum Gasteiger partial charge on any atom is -0.404 e. The molecule has 1 aliphatic heterocycles. The van der Waals surface area contributed by atoms with E-state index in [0.29, 0.717) is 13.1 Å². The van der Waals surface area contributed by atoms with Crippen molar-refractivity contribution in [1.82, 2.24) is 30.0 Å². The Balaban J connectivity index is 1.37. The zero-order valence-corrected chi connectivity index (χ0v) is 23.0. The average molecular weight is 552 g/mol. The van der Waals surface area contributed by atoms with Crippen LogP contribution >= 0.6 is 0 Å². The summed E-state index contributed by atoms with van der Waals surface area (Å²) in [6, 6.07) is 12.0. The van der Waals surface area contributed by atoms with E-state index in [4.69, 9.17) is 5.73 Å². The molecule has 6 rings (SSSR count). The Hall–Kier alpha value is -4.63. The van der Waals surface area contributed by atoms with Crippen LogP contribution in [0.1, 0.15) is 25.8 Å². The number of hydrogen-bond acceptors (Lipinski definition) is 5. The van der Waals surface area contributed by atoms with E-state index in [0.717, 1.165) is 66.6 Å². The van der Waals surface area contributed by atoms with Crippen LogP contribution in [0.15, 0.2) is 90.7 Å². The summed E-state index contributed by atoms with van der Waals surface area (Å²) in [5, 5.41) is 9.74. The minimum absolute atomic E-state index is 0.109. The van der Waals surface area contributed by atoms with Gasteiger partial charge in [0.1, 0.15) is 5.69 Å². The smallest absolute Gasteiger partial charge is 0.261 e. The molecule has 9 heteroatoms. The molecule has 1 fully saturated rings. The Morgan fingerprint density at radius 2 is 1.85 bits per heavy atom. The van der Waals surface area contributed by atoms with Crippen molar-refractivity contribution in [2.24, 2.45) is 5.73 Å². The molecule has 7 nitrogen and oxygen atoms in total. The van der Waals surface area contributed by atoms with Gasteiger partial charge in [0.2, 0.25) is 0 Å². The molecule has 1 aromatic carbocycles. The summed E-state index contributed by atoms with van der Waals surface area (Å²) in [6.45, 7) is 4.57. The minimum atomic E-state index is -2.64. The number of halogens is 2. The van der Waals surface area contributed by atoms with E-state index < -0.39 is 5.92 Å². The van der Waals surface area contributed by atoms with Gasteiger partial charge in [-0.15, -0.1) is 0 Å². The van der Waals surface area contributed by atoms with Crippen LogP contribution in [0.5, 0.6) is 0 Å². The van der Waals surface area contributed by atoms with E-state index in [2.05, 4.69) is 37.3 Å². The largest absolute Gasteiger partial charge is 0.404 e. The quantitative estimate of drug-likeness (QED) is 0.196. The number of likely N-dealkylation sites (tertiary alicyclic amines) is 1. The van der Waals surface area contributed by atoms with Gasteiger partial charge in [-0.1, -0.05) is 17.7 Å². The zero-order valence-electron chi connectivity index (χ0n) is 23.0. The summed E-state index contributed by atoms with van der Waals surface area (Å²) < 4.78 is 27.7. The Morgan fingerprint density at radius 3 is 2.59 bits per heavy atom. The van der Waals surface area contributed by atoms with Crippen molar-refractivity contribution < 1.29 is 8.78 Å². The predicted molar refractivity (Wildman–Crippen MR) is 160 cm³/mol. The topological polar surface area (TPSA) is 99.5 Å². The van der Waals surface area contributed by atoms with Crippen LogP contribution in [-0.4, -0.2) is 55.6 Å². The van der Waals surface area contributed by atoms with E-state index in [1.54, 1.807) is 23.5 Å². The fourth-order valence-electron chi connectivity index (χ4n) is 5.47. The molecular formula is C32H31F2N7. The molecule has 208 valence electrons. The van der Waals surface area contributed by atoms with Gasteiger partial charge in [0.05, 0.1) is 29.5 Å². The first-order chi connectivity index (χ1) is 19.8. The van der Waals surface area contributed by atoms with Gasteiger partial charge in [0.15, 0.2) is 0 Å².